The van der Waals surface area contributed by atoms with Crippen LogP contribution in [0.5, 0.6) is 0 Å². The number of nitrogens with one attached hydrogen (secondary N) is 1. The van der Waals surface area contributed by atoms with Gasteiger partial charge in [-0.3, -0.25) is 0 Å². The van der Waals surface area contributed by atoms with Gasteiger partial charge in [0.15, 0.2) is 0 Å². The van der Waals surface area contributed by atoms with Gasteiger partial charge in [-0.25, -0.2) is 0 Å². The number of rotatable bonds is 6. The Bertz CT molecular complexity index is 539. The summed E-state index contributed by atoms with van der Waals surface area (Å²) in [6.07, 6.45) is 9.83. The lowest BCUT2D eigenvalue weighted by Crippen LogP contribution is -2.17. The molecule has 1 unspecified atom stereocenters. The van der Waals surface area contributed by atoms with Crippen LogP contribution in [-0.2, 0) is 0 Å². The van der Waals surface area contributed by atoms with Crippen LogP contribution in [0.2, 0.25) is 0 Å². The Morgan fingerprint density at radius 3 is 2.84 bits per heavy atom. The second-order valence-electron chi connectivity index (χ2n) is 4.33. The summed E-state index contributed by atoms with van der Waals surface area (Å²) in [4.78, 5) is 1.65. The molecule has 0 spiro atoms. The molecule has 0 aliphatic rings. The molecule has 0 saturated heterocycles. The molecular formula is C15H18N4. The topological polar surface area (TPSA) is 42.7 Å². The summed E-state index contributed by atoms with van der Waals surface area (Å²) in [6.45, 7) is 0. The van der Waals surface area contributed by atoms with Gasteiger partial charge in [-0.2, -0.15) is 15.0 Å². The van der Waals surface area contributed by atoms with Crippen molar-refractivity contribution in [2.75, 3.05) is 7.05 Å². The van der Waals surface area contributed by atoms with Crippen LogP contribution in [0.25, 0.3) is 5.69 Å². The summed E-state index contributed by atoms with van der Waals surface area (Å²) in [6, 6.07) is 10.1. The Hall–Kier alpha value is -2.12. The zero-order chi connectivity index (χ0) is 13.5. The van der Waals surface area contributed by atoms with Crippen LogP contribution in [0.15, 0.2) is 36.5 Å². The summed E-state index contributed by atoms with van der Waals surface area (Å²) < 4.78 is 0. The minimum atomic E-state index is 0.200. The Morgan fingerprint density at radius 2 is 2.16 bits per heavy atom. The number of hydrogen-bond acceptors (Lipinski definition) is 3. The molecule has 0 amide bonds. The fourth-order valence-corrected chi connectivity index (χ4v) is 1.97. The Kier molecular flexibility index (Phi) is 4.71. The minimum Gasteiger partial charge on any atom is -0.312 e. The van der Waals surface area contributed by atoms with Gasteiger partial charge in [0.1, 0.15) is 5.69 Å². The van der Waals surface area contributed by atoms with Gasteiger partial charge in [0, 0.05) is 6.42 Å². The maximum absolute atomic E-state index is 5.27. The maximum Gasteiger partial charge on any atom is 0.100 e. The van der Waals surface area contributed by atoms with Crippen LogP contribution in [0.1, 0.15) is 31.0 Å². The van der Waals surface area contributed by atoms with E-state index < -0.39 is 0 Å². The lowest BCUT2D eigenvalue weighted by molar-refractivity contribution is 0.515. The Labute approximate surface area is 113 Å². The van der Waals surface area contributed by atoms with Crippen molar-refractivity contribution in [2.24, 2.45) is 0 Å². The molecule has 4 nitrogen and oxygen atoms in total. The molecule has 1 aromatic carbocycles. The van der Waals surface area contributed by atoms with Crippen molar-refractivity contribution in [1.82, 2.24) is 20.3 Å². The Morgan fingerprint density at radius 1 is 1.37 bits per heavy atom. The van der Waals surface area contributed by atoms with E-state index in [9.17, 15) is 0 Å². The fraction of sp³-hybridized carbons (Fsp3) is 0.333. The standard InChI is InChI=1S/C15H18N4/c1-3-4-6-11-14(16-2)15-12-17-19(18-15)13-9-7-5-8-10-13/h1,5,7-10,12,14,16H,4,6,11H2,2H3. The van der Waals surface area contributed by atoms with E-state index in [1.54, 1.807) is 4.80 Å². The van der Waals surface area contributed by atoms with Crippen LogP contribution >= 0.6 is 0 Å². The first-order valence-corrected chi connectivity index (χ1v) is 6.43. The highest BCUT2D eigenvalue weighted by Gasteiger charge is 2.13. The first-order valence-electron chi connectivity index (χ1n) is 6.43. The van der Waals surface area contributed by atoms with E-state index in [0.29, 0.717) is 0 Å². The van der Waals surface area contributed by atoms with Crippen molar-refractivity contribution >= 4 is 0 Å². The molecule has 1 heterocycles. The van der Waals surface area contributed by atoms with Gasteiger partial charge < -0.3 is 5.32 Å². The Balaban J connectivity index is 2.09. The summed E-state index contributed by atoms with van der Waals surface area (Å²) >= 11 is 0. The zero-order valence-corrected chi connectivity index (χ0v) is 11.1. The predicted octanol–water partition coefficient (Wildman–Crippen LogP) is 2.33. The third kappa shape index (κ3) is 3.43. The molecule has 19 heavy (non-hydrogen) atoms. The first-order chi connectivity index (χ1) is 9.35. The van der Waals surface area contributed by atoms with Crippen LogP contribution in [0, 0.1) is 12.3 Å². The van der Waals surface area contributed by atoms with E-state index in [-0.39, 0.29) is 6.04 Å². The quantitative estimate of drug-likeness (QED) is 0.635. The van der Waals surface area contributed by atoms with Crippen molar-refractivity contribution in [3.63, 3.8) is 0 Å². The van der Waals surface area contributed by atoms with Crippen molar-refractivity contribution in [3.05, 3.63) is 42.2 Å². The van der Waals surface area contributed by atoms with E-state index in [1.807, 2.05) is 43.6 Å². The molecule has 1 aromatic heterocycles. The van der Waals surface area contributed by atoms with Crippen molar-refractivity contribution < 1.29 is 0 Å². The van der Waals surface area contributed by atoms with Crippen molar-refractivity contribution in [1.29, 1.82) is 0 Å². The summed E-state index contributed by atoms with van der Waals surface area (Å²) in [5, 5.41) is 12.1. The number of benzene rings is 1. The van der Waals surface area contributed by atoms with Gasteiger partial charge in [-0.05, 0) is 32.0 Å². The normalized spacial score (nSPS) is 12.0. The molecule has 0 saturated carbocycles. The third-order valence-electron chi connectivity index (χ3n) is 3.02. The number of nitrogens with zero attached hydrogens (tertiary/aromatic N) is 3. The highest BCUT2D eigenvalue weighted by molar-refractivity contribution is 5.28. The minimum absolute atomic E-state index is 0.200. The fourth-order valence-electron chi connectivity index (χ4n) is 1.97. The van der Waals surface area contributed by atoms with Gasteiger partial charge in [0.2, 0.25) is 0 Å². The van der Waals surface area contributed by atoms with Gasteiger partial charge in [0.25, 0.3) is 0 Å². The lowest BCUT2D eigenvalue weighted by Gasteiger charge is -2.11. The molecule has 1 atom stereocenters. The maximum atomic E-state index is 5.27. The van der Waals surface area contributed by atoms with Crippen LogP contribution in [0.4, 0.5) is 0 Å². The molecule has 0 aliphatic carbocycles. The molecule has 4 heteroatoms. The summed E-state index contributed by atoms with van der Waals surface area (Å²) in [5.74, 6) is 2.66. The van der Waals surface area contributed by atoms with E-state index >= 15 is 0 Å². The molecule has 0 bridgehead atoms. The molecule has 2 rings (SSSR count). The molecule has 1 N–H and O–H groups in total. The van der Waals surface area contributed by atoms with E-state index in [0.717, 1.165) is 30.6 Å². The largest absolute Gasteiger partial charge is 0.312 e. The molecule has 0 fully saturated rings. The highest BCUT2D eigenvalue weighted by Crippen LogP contribution is 2.17. The van der Waals surface area contributed by atoms with Gasteiger partial charge >= 0.3 is 0 Å². The summed E-state index contributed by atoms with van der Waals surface area (Å²) in [5.41, 5.74) is 1.91. The number of para-hydroxylation sites is 1. The lowest BCUT2D eigenvalue weighted by atomic mass is 10.1. The number of unbranched alkanes of at least 4 members (excludes halogenated alkanes) is 1. The van der Waals surface area contributed by atoms with Crippen LogP contribution in [0.3, 0.4) is 0 Å². The predicted molar refractivity (Wildman–Crippen MR) is 75.8 cm³/mol. The van der Waals surface area contributed by atoms with Gasteiger partial charge in [-0.15, -0.1) is 12.3 Å². The monoisotopic (exact) mass is 254 g/mol. The van der Waals surface area contributed by atoms with Crippen LogP contribution < -0.4 is 5.32 Å². The molecule has 98 valence electrons. The SMILES string of the molecule is C#CCCCC(NC)c1cnn(-c2ccccc2)n1. The number of hydrogen-bond donors (Lipinski definition) is 1. The van der Waals surface area contributed by atoms with Crippen molar-refractivity contribution in [3.8, 4) is 18.0 Å². The molecule has 2 aromatic rings. The average Bonchev–Trinajstić information content (AvgIpc) is 2.94. The highest BCUT2D eigenvalue weighted by atomic mass is 15.5. The summed E-state index contributed by atoms with van der Waals surface area (Å²) in [7, 11) is 1.93. The smallest absolute Gasteiger partial charge is 0.100 e. The number of terminal acetylenes is 1. The van der Waals surface area contributed by atoms with Gasteiger partial charge in [0.05, 0.1) is 17.9 Å². The second kappa shape index (κ2) is 6.72. The first kappa shape index (κ1) is 13.3. The molecule has 0 radical (unpaired) electrons. The second-order valence-corrected chi connectivity index (χ2v) is 4.33. The van der Waals surface area contributed by atoms with E-state index in [4.69, 9.17) is 6.42 Å². The number of aromatic nitrogens is 3. The average molecular weight is 254 g/mol. The third-order valence-corrected chi connectivity index (χ3v) is 3.02. The van der Waals surface area contributed by atoms with E-state index in [1.165, 1.54) is 0 Å². The zero-order valence-electron chi connectivity index (χ0n) is 11.1. The molecular weight excluding hydrogens is 236 g/mol. The van der Waals surface area contributed by atoms with Crippen molar-refractivity contribution in [2.45, 2.75) is 25.3 Å². The van der Waals surface area contributed by atoms with Crippen LogP contribution in [-0.4, -0.2) is 22.0 Å². The van der Waals surface area contributed by atoms with Gasteiger partial charge in [-0.1, -0.05) is 18.2 Å². The van der Waals surface area contributed by atoms with E-state index in [2.05, 4.69) is 21.4 Å². The molecule has 0 aliphatic heterocycles.